The van der Waals surface area contributed by atoms with Crippen molar-refractivity contribution in [1.82, 2.24) is 15.0 Å². The second kappa shape index (κ2) is 8.27. The van der Waals surface area contributed by atoms with E-state index in [-0.39, 0.29) is 12.5 Å². The number of aromatic nitrogens is 3. The van der Waals surface area contributed by atoms with Gasteiger partial charge < -0.3 is 15.5 Å². The topological polar surface area (TPSA) is 83.0 Å². The minimum atomic E-state index is -0.0596. The normalized spacial score (nSPS) is 10.3. The van der Waals surface area contributed by atoms with Crippen LogP contribution in [0.4, 0.5) is 17.3 Å². The van der Waals surface area contributed by atoms with Gasteiger partial charge in [0.05, 0.1) is 6.54 Å². The number of anilines is 3. The fourth-order valence-electron chi connectivity index (χ4n) is 2.64. The molecule has 2 N–H and O–H groups in total. The van der Waals surface area contributed by atoms with Crippen LogP contribution < -0.4 is 15.5 Å². The molecule has 0 saturated heterocycles. The van der Waals surface area contributed by atoms with Gasteiger partial charge in [0, 0.05) is 43.3 Å². The number of hydrogen-bond donors (Lipinski definition) is 2. The molecule has 3 rings (SSSR count). The van der Waals surface area contributed by atoms with Crippen LogP contribution in [0.25, 0.3) is 11.4 Å². The number of para-hydroxylation sites is 1. The lowest BCUT2D eigenvalue weighted by Crippen LogP contribution is -2.32. The third kappa shape index (κ3) is 4.20. The number of nitrogens with one attached hydrogen (secondary N) is 2. The zero-order chi connectivity index (χ0) is 19.2. The predicted molar refractivity (Wildman–Crippen MR) is 108 cm³/mol. The van der Waals surface area contributed by atoms with E-state index in [1.807, 2.05) is 56.4 Å². The van der Waals surface area contributed by atoms with E-state index in [0.29, 0.717) is 17.5 Å². The minimum Gasteiger partial charge on any atom is -0.373 e. The Hall–Kier alpha value is -3.48. The second-order valence-corrected chi connectivity index (χ2v) is 6.00. The quantitative estimate of drug-likeness (QED) is 0.701. The lowest BCUT2D eigenvalue weighted by molar-refractivity contribution is -0.116. The van der Waals surface area contributed by atoms with Crippen LogP contribution in [0.3, 0.4) is 0 Å². The molecule has 0 atom stereocenters. The van der Waals surface area contributed by atoms with Gasteiger partial charge in [0.15, 0.2) is 5.82 Å². The van der Waals surface area contributed by atoms with Crippen LogP contribution >= 0.6 is 0 Å². The van der Waals surface area contributed by atoms with Crippen molar-refractivity contribution in [2.75, 3.05) is 36.2 Å². The highest BCUT2D eigenvalue weighted by atomic mass is 16.2. The highest BCUT2D eigenvalue weighted by Crippen LogP contribution is 2.24. The molecule has 138 valence electrons. The lowest BCUT2D eigenvalue weighted by atomic mass is 10.2. The molecular formula is C20H22N6O. The summed E-state index contributed by atoms with van der Waals surface area (Å²) >= 11 is 0. The van der Waals surface area contributed by atoms with Crippen molar-refractivity contribution in [3.05, 3.63) is 60.4 Å². The summed E-state index contributed by atoms with van der Waals surface area (Å²) in [5.41, 5.74) is 2.56. The smallest absolute Gasteiger partial charge is 0.246 e. The van der Waals surface area contributed by atoms with Gasteiger partial charge in [-0.3, -0.25) is 9.78 Å². The van der Waals surface area contributed by atoms with E-state index in [0.717, 1.165) is 16.8 Å². The van der Waals surface area contributed by atoms with Crippen molar-refractivity contribution in [2.24, 2.45) is 0 Å². The van der Waals surface area contributed by atoms with Crippen LogP contribution in [0.2, 0.25) is 0 Å². The van der Waals surface area contributed by atoms with Crippen LogP contribution in [0.5, 0.6) is 0 Å². The minimum absolute atomic E-state index is 0.0596. The van der Waals surface area contributed by atoms with E-state index in [9.17, 15) is 4.79 Å². The Morgan fingerprint density at radius 3 is 2.37 bits per heavy atom. The second-order valence-electron chi connectivity index (χ2n) is 6.00. The molecule has 2 aromatic heterocycles. The Kier molecular flexibility index (Phi) is 5.61. The summed E-state index contributed by atoms with van der Waals surface area (Å²) in [4.78, 5) is 27.3. The van der Waals surface area contributed by atoms with Crippen LogP contribution in [-0.4, -0.2) is 41.5 Å². The number of nitrogens with zero attached hydrogens (tertiary/aromatic N) is 4. The molecule has 1 aromatic carbocycles. The number of carbonyl (C=O) groups excluding carboxylic acids is 1. The van der Waals surface area contributed by atoms with Crippen molar-refractivity contribution in [3.63, 3.8) is 0 Å². The molecule has 27 heavy (non-hydrogen) atoms. The van der Waals surface area contributed by atoms with Crippen LogP contribution in [-0.2, 0) is 4.79 Å². The van der Waals surface area contributed by atoms with Gasteiger partial charge in [-0.05, 0) is 31.2 Å². The fraction of sp³-hybridized carbons (Fsp3) is 0.200. The van der Waals surface area contributed by atoms with E-state index < -0.39 is 0 Å². The molecule has 0 unspecified atom stereocenters. The molecule has 0 aliphatic rings. The molecule has 1 amide bonds. The molecule has 7 nitrogen and oxygen atoms in total. The first kappa shape index (κ1) is 18.3. The van der Waals surface area contributed by atoms with E-state index >= 15 is 0 Å². The first-order valence-corrected chi connectivity index (χ1v) is 8.62. The van der Waals surface area contributed by atoms with Gasteiger partial charge in [-0.25, -0.2) is 9.97 Å². The molecule has 2 heterocycles. The Morgan fingerprint density at radius 2 is 1.70 bits per heavy atom. The third-order valence-electron chi connectivity index (χ3n) is 4.25. The first-order chi connectivity index (χ1) is 13.1. The van der Waals surface area contributed by atoms with Crippen molar-refractivity contribution in [2.45, 2.75) is 6.92 Å². The Bertz CT molecular complexity index is 915. The number of carbonyl (C=O) groups is 1. The van der Waals surface area contributed by atoms with Crippen LogP contribution in [0.1, 0.15) is 5.56 Å². The maximum atomic E-state index is 12.5. The molecule has 0 saturated carbocycles. The summed E-state index contributed by atoms with van der Waals surface area (Å²) in [6.45, 7) is 2.04. The van der Waals surface area contributed by atoms with Gasteiger partial charge >= 0.3 is 0 Å². The number of rotatable bonds is 6. The number of likely N-dealkylation sites (N-methyl/N-ethyl adjacent to an activating group) is 1. The van der Waals surface area contributed by atoms with Gasteiger partial charge in [0.2, 0.25) is 5.91 Å². The highest BCUT2D eigenvalue weighted by Gasteiger charge is 2.15. The van der Waals surface area contributed by atoms with E-state index in [2.05, 4.69) is 25.6 Å². The van der Waals surface area contributed by atoms with Crippen molar-refractivity contribution >= 4 is 23.2 Å². The van der Waals surface area contributed by atoms with E-state index in [4.69, 9.17) is 0 Å². The van der Waals surface area contributed by atoms with Crippen molar-refractivity contribution < 1.29 is 4.79 Å². The first-order valence-electron chi connectivity index (χ1n) is 8.62. The number of pyridine rings is 1. The summed E-state index contributed by atoms with van der Waals surface area (Å²) in [6, 6.07) is 13.2. The lowest BCUT2D eigenvalue weighted by Gasteiger charge is -2.19. The predicted octanol–water partition coefficient (Wildman–Crippen LogP) is 2.96. The average Bonchev–Trinajstić information content (AvgIpc) is 2.73. The van der Waals surface area contributed by atoms with Gasteiger partial charge in [0.25, 0.3) is 0 Å². The number of benzene rings is 1. The van der Waals surface area contributed by atoms with Crippen LogP contribution in [0, 0.1) is 6.92 Å². The summed E-state index contributed by atoms with van der Waals surface area (Å²) in [5.74, 6) is 1.84. The molecule has 0 spiro atoms. The number of amides is 1. The third-order valence-corrected chi connectivity index (χ3v) is 4.25. The Labute approximate surface area is 158 Å². The largest absolute Gasteiger partial charge is 0.373 e. The molecule has 0 bridgehead atoms. The van der Waals surface area contributed by atoms with Crippen molar-refractivity contribution in [1.29, 1.82) is 0 Å². The van der Waals surface area contributed by atoms with Crippen molar-refractivity contribution in [3.8, 4) is 11.4 Å². The summed E-state index contributed by atoms with van der Waals surface area (Å²) < 4.78 is 0. The summed E-state index contributed by atoms with van der Waals surface area (Å²) in [5, 5.41) is 6.23. The average molecular weight is 362 g/mol. The maximum Gasteiger partial charge on any atom is 0.246 e. The molecule has 0 fully saturated rings. The zero-order valence-corrected chi connectivity index (χ0v) is 15.6. The maximum absolute atomic E-state index is 12.5. The summed E-state index contributed by atoms with van der Waals surface area (Å²) in [7, 11) is 3.57. The van der Waals surface area contributed by atoms with Gasteiger partial charge in [-0.2, -0.15) is 0 Å². The fourth-order valence-corrected chi connectivity index (χ4v) is 2.64. The van der Waals surface area contributed by atoms with Gasteiger partial charge in [-0.1, -0.05) is 18.2 Å². The standard InChI is InChI=1S/C20H22N6O/c1-14-18(21-2)24-20(15-9-11-22-12-10-15)25-19(14)23-13-17(27)26(3)16-7-5-4-6-8-16/h4-12H,13H2,1-3H3,(H2,21,23,24,25). The molecular weight excluding hydrogens is 340 g/mol. The molecule has 3 aromatic rings. The van der Waals surface area contributed by atoms with E-state index in [1.54, 1.807) is 24.3 Å². The molecule has 7 heteroatoms. The Balaban J connectivity index is 1.81. The zero-order valence-electron chi connectivity index (χ0n) is 15.6. The molecule has 0 aliphatic carbocycles. The van der Waals surface area contributed by atoms with Gasteiger partial charge in [0.1, 0.15) is 11.6 Å². The van der Waals surface area contributed by atoms with Crippen LogP contribution in [0.15, 0.2) is 54.9 Å². The summed E-state index contributed by atoms with van der Waals surface area (Å²) in [6.07, 6.45) is 3.39. The monoisotopic (exact) mass is 362 g/mol. The molecule has 0 radical (unpaired) electrons. The Morgan fingerprint density at radius 1 is 1.04 bits per heavy atom. The number of hydrogen-bond acceptors (Lipinski definition) is 6. The molecule has 0 aliphatic heterocycles. The highest BCUT2D eigenvalue weighted by molar-refractivity contribution is 5.95. The SMILES string of the molecule is CNc1nc(-c2ccncc2)nc(NCC(=O)N(C)c2ccccc2)c1C. The van der Waals surface area contributed by atoms with Gasteiger partial charge in [-0.15, -0.1) is 0 Å². The van der Waals surface area contributed by atoms with E-state index in [1.165, 1.54) is 0 Å².